The van der Waals surface area contributed by atoms with Crippen LogP contribution in [0.5, 0.6) is 0 Å². The number of hydrogen-bond acceptors (Lipinski definition) is 1. The third-order valence-corrected chi connectivity index (χ3v) is 3.22. The normalized spacial score (nSPS) is 10.7. The summed E-state index contributed by atoms with van der Waals surface area (Å²) in [7, 11) is 1.89. The van der Waals surface area contributed by atoms with Crippen molar-refractivity contribution >= 4 is 0 Å². The van der Waals surface area contributed by atoms with Gasteiger partial charge in [0.15, 0.2) is 0 Å². The summed E-state index contributed by atoms with van der Waals surface area (Å²) in [6, 6.07) is 13.5. The third kappa shape index (κ3) is 3.42. The average molecular weight is 257 g/mol. The zero-order valence-electron chi connectivity index (χ0n) is 11.5. The van der Waals surface area contributed by atoms with Gasteiger partial charge >= 0.3 is 0 Å². The molecule has 2 aromatic carbocycles. The fourth-order valence-corrected chi connectivity index (χ4v) is 2.25. The molecule has 0 bridgehead atoms. The molecule has 0 amide bonds. The molecule has 0 aliphatic heterocycles. The van der Waals surface area contributed by atoms with Crippen LogP contribution < -0.4 is 5.32 Å². The Labute approximate surface area is 114 Å². The maximum Gasteiger partial charge on any atom is 0.131 e. The van der Waals surface area contributed by atoms with Gasteiger partial charge in [-0.3, -0.25) is 0 Å². The molecule has 0 radical (unpaired) electrons. The van der Waals surface area contributed by atoms with Crippen molar-refractivity contribution in [3.8, 4) is 11.1 Å². The van der Waals surface area contributed by atoms with E-state index in [4.69, 9.17) is 0 Å². The zero-order chi connectivity index (χ0) is 13.7. The molecular weight excluding hydrogens is 237 g/mol. The van der Waals surface area contributed by atoms with Crippen LogP contribution >= 0.6 is 0 Å². The first-order chi connectivity index (χ1) is 9.24. The third-order valence-electron chi connectivity index (χ3n) is 3.22. The van der Waals surface area contributed by atoms with Crippen LogP contribution in [0, 0.1) is 5.82 Å². The summed E-state index contributed by atoms with van der Waals surface area (Å²) in [6.07, 6.45) is 2.20. The predicted molar refractivity (Wildman–Crippen MR) is 78.6 cm³/mol. The molecular formula is C17H20FN. The van der Waals surface area contributed by atoms with E-state index in [0.717, 1.165) is 30.5 Å². The summed E-state index contributed by atoms with van der Waals surface area (Å²) >= 11 is 0. The minimum atomic E-state index is -0.164. The molecule has 2 rings (SSSR count). The molecule has 0 saturated heterocycles. The van der Waals surface area contributed by atoms with Crippen LogP contribution in [0.4, 0.5) is 4.39 Å². The number of nitrogens with one attached hydrogen (secondary N) is 1. The molecule has 0 spiro atoms. The number of rotatable bonds is 5. The van der Waals surface area contributed by atoms with Crippen LogP contribution in [-0.2, 0) is 13.0 Å². The van der Waals surface area contributed by atoms with E-state index in [1.807, 2.05) is 31.3 Å². The van der Waals surface area contributed by atoms with Crippen molar-refractivity contribution in [3.63, 3.8) is 0 Å². The van der Waals surface area contributed by atoms with E-state index in [-0.39, 0.29) is 5.82 Å². The fraction of sp³-hybridized carbons (Fsp3) is 0.294. The van der Waals surface area contributed by atoms with Gasteiger partial charge in [-0.05, 0) is 42.3 Å². The first-order valence-corrected chi connectivity index (χ1v) is 6.77. The number of halogens is 1. The summed E-state index contributed by atoms with van der Waals surface area (Å²) in [4.78, 5) is 0. The molecule has 0 heterocycles. The maximum absolute atomic E-state index is 13.9. The van der Waals surface area contributed by atoms with Gasteiger partial charge in [-0.2, -0.15) is 0 Å². The lowest BCUT2D eigenvalue weighted by molar-refractivity contribution is 0.630. The molecule has 2 heteroatoms. The van der Waals surface area contributed by atoms with Crippen molar-refractivity contribution in [2.75, 3.05) is 7.05 Å². The Kier molecular flexibility index (Phi) is 4.69. The Balaban J connectivity index is 2.31. The average Bonchev–Trinajstić information content (AvgIpc) is 2.43. The Morgan fingerprint density at radius 3 is 2.32 bits per heavy atom. The van der Waals surface area contributed by atoms with E-state index in [0.29, 0.717) is 5.56 Å². The van der Waals surface area contributed by atoms with Crippen LogP contribution in [0.1, 0.15) is 24.5 Å². The summed E-state index contributed by atoms with van der Waals surface area (Å²) in [5.74, 6) is -0.164. The van der Waals surface area contributed by atoms with Crippen LogP contribution in [0.15, 0.2) is 42.5 Å². The minimum absolute atomic E-state index is 0.164. The summed E-state index contributed by atoms with van der Waals surface area (Å²) in [5.41, 5.74) is 4.01. The first kappa shape index (κ1) is 13.8. The quantitative estimate of drug-likeness (QED) is 0.848. The van der Waals surface area contributed by atoms with E-state index in [1.54, 1.807) is 6.07 Å². The number of benzene rings is 2. The Hall–Kier alpha value is -1.67. The first-order valence-electron chi connectivity index (χ1n) is 6.77. The monoisotopic (exact) mass is 257 g/mol. The van der Waals surface area contributed by atoms with Crippen molar-refractivity contribution in [2.24, 2.45) is 0 Å². The predicted octanol–water partition coefficient (Wildman–Crippen LogP) is 4.16. The van der Waals surface area contributed by atoms with Gasteiger partial charge in [0.1, 0.15) is 5.82 Å². The maximum atomic E-state index is 13.9. The van der Waals surface area contributed by atoms with Crippen LogP contribution in [0.25, 0.3) is 11.1 Å². The molecule has 100 valence electrons. The van der Waals surface area contributed by atoms with Crippen molar-refractivity contribution < 1.29 is 4.39 Å². The van der Waals surface area contributed by atoms with E-state index in [1.165, 1.54) is 5.56 Å². The smallest absolute Gasteiger partial charge is 0.131 e. The molecule has 0 aliphatic rings. The second-order valence-electron chi connectivity index (χ2n) is 4.79. The minimum Gasteiger partial charge on any atom is -0.316 e. The van der Waals surface area contributed by atoms with Crippen LogP contribution in [0.2, 0.25) is 0 Å². The second kappa shape index (κ2) is 6.48. The Morgan fingerprint density at radius 1 is 1.00 bits per heavy atom. The van der Waals surface area contributed by atoms with Crippen molar-refractivity contribution in [3.05, 3.63) is 59.4 Å². The Bertz CT molecular complexity index is 531. The molecule has 0 unspecified atom stereocenters. The van der Waals surface area contributed by atoms with Gasteiger partial charge in [0.05, 0.1) is 0 Å². The highest BCUT2D eigenvalue weighted by Gasteiger charge is 2.06. The fourth-order valence-electron chi connectivity index (χ4n) is 2.25. The highest BCUT2D eigenvalue weighted by Crippen LogP contribution is 2.24. The number of aryl methyl sites for hydroxylation is 1. The lowest BCUT2D eigenvalue weighted by Gasteiger charge is -2.08. The summed E-state index contributed by atoms with van der Waals surface area (Å²) in [6.45, 7) is 2.91. The van der Waals surface area contributed by atoms with E-state index >= 15 is 0 Å². The van der Waals surface area contributed by atoms with Gasteiger partial charge in [-0.25, -0.2) is 4.39 Å². The van der Waals surface area contributed by atoms with Gasteiger partial charge in [0.2, 0.25) is 0 Å². The van der Waals surface area contributed by atoms with E-state index in [2.05, 4.69) is 24.4 Å². The summed E-state index contributed by atoms with van der Waals surface area (Å²) < 4.78 is 13.9. The number of hydrogen-bond donors (Lipinski definition) is 1. The van der Waals surface area contributed by atoms with Gasteiger partial charge < -0.3 is 5.32 Å². The largest absolute Gasteiger partial charge is 0.316 e. The second-order valence-corrected chi connectivity index (χ2v) is 4.79. The lowest BCUT2D eigenvalue weighted by Crippen LogP contribution is -2.05. The van der Waals surface area contributed by atoms with E-state index in [9.17, 15) is 4.39 Å². The molecule has 19 heavy (non-hydrogen) atoms. The summed E-state index contributed by atoms with van der Waals surface area (Å²) in [5, 5.41) is 3.09. The standard InChI is InChI=1S/C17H20FN/c1-3-4-13-5-8-15(9-6-13)16-11-14(12-19-2)7-10-17(16)18/h5-11,19H,3-4,12H2,1-2H3. The van der Waals surface area contributed by atoms with Crippen molar-refractivity contribution in [2.45, 2.75) is 26.3 Å². The molecule has 0 fully saturated rings. The molecule has 0 saturated carbocycles. The van der Waals surface area contributed by atoms with Gasteiger partial charge in [-0.15, -0.1) is 0 Å². The molecule has 1 nitrogen and oxygen atoms in total. The molecule has 0 aliphatic carbocycles. The highest BCUT2D eigenvalue weighted by atomic mass is 19.1. The van der Waals surface area contributed by atoms with Gasteiger partial charge in [0.25, 0.3) is 0 Å². The SMILES string of the molecule is CCCc1ccc(-c2cc(CNC)ccc2F)cc1. The molecule has 0 aromatic heterocycles. The zero-order valence-corrected chi connectivity index (χ0v) is 11.5. The molecule has 0 atom stereocenters. The van der Waals surface area contributed by atoms with Gasteiger partial charge in [0, 0.05) is 12.1 Å². The highest BCUT2D eigenvalue weighted by molar-refractivity contribution is 5.65. The molecule has 1 N–H and O–H groups in total. The van der Waals surface area contributed by atoms with E-state index < -0.39 is 0 Å². The van der Waals surface area contributed by atoms with Crippen molar-refractivity contribution in [1.29, 1.82) is 0 Å². The van der Waals surface area contributed by atoms with Crippen molar-refractivity contribution in [1.82, 2.24) is 5.32 Å². The van der Waals surface area contributed by atoms with Gasteiger partial charge in [-0.1, -0.05) is 43.7 Å². The lowest BCUT2D eigenvalue weighted by atomic mass is 10.00. The Morgan fingerprint density at radius 2 is 1.68 bits per heavy atom. The molecule has 2 aromatic rings. The topological polar surface area (TPSA) is 12.0 Å². The van der Waals surface area contributed by atoms with Crippen LogP contribution in [0.3, 0.4) is 0 Å². The van der Waals surface area contributed by atoms with Crippen LogP contribution in [-0.4, -0.2) is 7.05 Å².